The maximum Gasteiger partial charge on any atom is 0.433 e. The molecule has 3 aromatic carbocycles. The standard InChI is InChI=1S/C31H29F3N4OS/c1-22(40-30-35-26(23-11-5-2-6-12-23)21-27(36-30)31(32,33)34)29(39)38-19-17-37(18-20-38)28(24-13-7-3-8-14-24)25-15-9-4-10-16-25/h2-16,21-22,28H,17-20H2,1H3. The number of carbonyl (C=O) groups excluding carboxylic acids is 1. The zero-order valence-electron chi connectivity index (χ0n) is 22.0. The zero-order valence-corrected chi connectivity index (χ0v) is 22.8. The van der Waals surface area contributed by atoms with Gasteiger partial charge in [0.25, 0.3) is 0 Å². The first kappa shape index (κ1) is 27.9. The molecule has 1 atom stereocenters. The molecule has 0 bridgehead atoms. The Hall–Kier alpha value is -3.69. The minimum absolute atomic E-state index is 0.0682. The third-order valence-electron chi connectivity index (χ3n) is 6.92. The van der Waals surface area contributed by atoms with E-state index in [1.165, 1.54) is 11.1 Å². The summed E-state index contributed by atoms with van der Waals surface area (Å²) in [5.41, 5.74) is 2.08. The number of hydrogen-bond acceptors (Lipinski definition) is 5. The third kappa shape index (κ3) is 6.54. The van der Waals surface area contributed by atoms with Crippen LogP contribution in [0.2, 0.25) is 0 Å². The second-order valence-electron chi connectivity index (χ2n) is 9.63. The summed E-state index contributed by atoms with van der Waals surface area (Å²) in [6.45, 7) is 4.10. The van der Waals surface area contributed by atoms with E-state index in [0.717, 1.165) is 17.8 Å². The molecular weight excluding hydrogens is 533 g/mol. The first-order valence-corrected chi connectivity index (χ1v) is 14.0. The number of rotatable bonds is 7. The van der Waals surface area contributed by atoms with Gasteiger partial charge in [0.1, 0.15) is 5.69 Å². The second kappa shape index (κ2) is 12.2. The summed E-state index contributed by atoms with van der Waals surface area (Å²) in [6.07, 6.45) is -4.63. The molecule has 206 valence electrons. The van der Waals surface area contributed by atoms with Crippen molar-refractivity contribution in [3.8, 4) is 11.3 Å². The summed E-state index contributed by atoms with van der Waals surface area (Å²) in [6, 6.07) is 30.3. The number of thioether (sulfide) groups is 1. The van der Waals surface area contributed by atoms with E-state index >= 15 is 0 Å². The number of amides is 1. The van der Waals surface area contributed by atoms with Crippen LogP contribution in [0.15, 0.2) is 102 Å². The van der Waals surface area contributed by atoms with Gasteiger partial charge in [-0.05, 0) is 24.1 Å². The van der Waals surface area contributed by atoms with Crippen molar-refractivity contribution in [2.75, 3.05) is 26.2 Å². The van der Waals surface area contributed by atoms with Gasteiger partial charge in [-0.15, -0.1) is 0 Å². The van der Waals surface area contributed by atoms with Crippen molar-refractivity contribution < 1.29 is 18.0 Å². The van der Waals surface area contributed by atoms with Crippen molar-refractivity contribution in [1.82, 2.24) is 19.8 Å². The molecule has 1 unspecified atom stereocenters. The highest BCUT2D eigenvalue weighted by Gasteiger charge is 2.35. The Morgan fingerprint density at radius 1 is 0.800 bits per heavy atom. The average Bonchev–Trinajstić information content (AvgIpc) is 2.98. The first-order chi connectivity index (χ1) is 19.3. The minimum atomic E-state index is -4.63. The minimum Gasteiger partial charge on any atom is -0.339 e. The van der Waals surface area contributed by atoms with Crippen molar-refractivity contribution in [3.05, 3.63) is 114 Å². The van der Waals surface area contributed by atoms with E-state index in [2.05, 4.69) is 39.1 Å². The van der Waals surface area contributed by atoms with E-state index in [1.54, 1.807) is 42.2 Å². The molecule has 4 aromatic rings. The topological polar surface area (TPSA) is 49.3 Å². The summed E-state index contributed by atoms with van der Waals surface area (Å²) >= 11 is 0.958. The number of nitrogens with zero attached hydrogens (tertiary/aromatic N) is 4. The number of aromatic nitrogens is 2. The van der Waals surface area contributed by atoms with Gasteiger partial charge in [-0.2, -0.15) is 13.2 Å². The lowest BCUT2D eigenvalue weighted by molar-refractivity contribution is -0.141. The van der Waals surface area contributed by atoms with Crippen molar-refractivity contribution in [3.63, 3.8) is 0 Å². The van der Waals surface area contributed by atoms with Crippen LogP contribution in [-0.2, 0) is 11.0 Å². The lowest BCUT2D eigenvalue weighted by atomic mass is 9.96. The molecule has 9 heteroatoms. The zero-order chi connectivity index (χ0) is 28.1. The van der Waals surface area contributed by atoms with Crippen LogP contribution >= 0.6 is 11.8 Å². The lowest BCUT2D eigenvalue weighted by Crippen LogP contribution is -2.51. The van der Waals surface area contributed by atoms with Crippen LogP contribution in [0, 0.1) is 0 Å². The fraction of sp³-hybridized carbons (Fsp3) is 0.258. The van der Waals surface area contributed by atoms with Gasteiger partial charge < -0.3 is 4.90 Å². The summed E-state index contributed by atoms with van der Waals surface area (Å²) in [4.78, 5) is 25.6. The Labute approximate surface area is 236 Å². The first-order valence-electron chi connectivity index (χ1n) is 13.1. The Balaban J connectivity index is 1.29. The Morgan fingerprint density at radius 2 is 1.32 bits per heavy atom. The van der Waals surface area contributed by atoms with Gasteiger partial charge in [0, 0.05) is 31.7 Å². The van der Waals surface area contributed by atoms with Crippen LogP contribution in [0.4, 0.5) is 13.2 Å². The summed E-state index contributed by atoms with van der Waals surface area (Å²) < 4.78 is 40.9. The third-order valence-corrected chi connectivity index (χ3v) is 7.87. The largest absolute Gasteiger partial charge is 0.433 e. The molecule has 1 aliphatic heterocycles. The van der Waals surface area contributed by atoms with Gasteiger partial charge in [0.05, 0.1) is 17.0 Å². The van der Waals surface area contributed by atoms with E-state index < -0.39 is 17.1 Å². The van der Waals surface area contributed by atoms with Gasteiger partial charge in [0.15, 0.2) is 5.16 Å². The van der Waals surface area contributed by atoms with Crippen molar-refractivity contribution in [2.24, 2.45) is 0 Å². The molecule has 5 rings (SSSR count). The van der Waals surface area contributed by atoms with Gasteiger partial charge in [-0.1, -0.05) is 103 Å². The number of alkyl halides is 3. The monoisotopic (exact) mass is 562 g/mol. The Bertz CT molecular complexity index is 1370. The fourth-order valence-electron chi connectivity index (χ4n) is 4.93. The van der Waals surface area contributed by atoms with Gasteiger partial charge in [0.2, 0.25) is 5.91 Å². The molecule has 0 spiro atoms. The molecule has 0 saturated carbocycles. The predicted molar refractivity (Wildman–Crippen MR) is 151 cm³/mol. The fourth-order valence-corrected chi connectivity index (χ4v) is 5.80. The highest BCUT2D eigenvalue weighted by Crippen LogP contribution is 2.34. The SMILES string of the molecule is CC(Sc1nc(-c2ccccc2)cc(C(F)(F)F)n1)C(=O)N1CCN(C(c2ccccc2)c2ccccc2)CC1. The van der Waals surface area contributed by atoms with E-state index in [0.29, 0.717) is 31.7 Å². The van der Waals surface area contributed by atoms with Crippen LogP contribution in [0.5, 0.6) is 0 Å². The second-order valence-corrected chi connectivity index (χ2v) is 10.9. The molecule has 0 aliphatic carbocycles. The van der Waals surface area contributed by atoms with Gasteiger partial charge in [-0.25, -0.2) is 9.97 Å². The van der Waals surface area contributed by atoms with Crippen molar-refractivity contribution in [1.29, 1.82) is 0 Å². The van der Waals surface area contributed by atoms with E-state index in [-0.39, 0.29) is 22.8 Å². The van der Waals surface area contributed by atoms with Crippen LogP contribution in [0.1, 0.15) is 29.8 Å². The molecule has 1 amide bonds. The molecule has 1 fully saturated rings. The molecule has 40 heavy (non-hydrogen) atoms. The highest BCUT2D eigenvalue weighted by molar-refractivity contribution is 8.00. The van der Waals surface area contributed by atoms with Crippen LogP contribution in [-0.4, -0.2) is 57.1 Å². The number of hydrogen-bond donors (Lipinski definition) is 0. The van der Waals surface area contributed by atoms with Gasteiger partial charge in [-0.3, -0.25) is 9.69 Å². The smallest absolute Gasteiger partial charge is 0.339 e. The molecular formula is C31H29F3N4OS. The average molecular weight is 563 g/mol. The maximum absolute atomic E-state index is 13.6. The summed E-state index contributed by atoms with van der Waals surface area (Å²) in [5, 5.41) is -0.709. The van der Waals surface area contributed by atoms with Crippen LogP contribution < -0.4 is 0 Å². The van der Waals surface area contributed by atoms with Gasteiger partial charge >= 0.3 is 6.18 Å². The molecule has 1 saturated heterocycles. The molecule has 0 N–H and O–H groups in total. The van der Waals surface area contributed by atoms with E-state index in [9.17, 15) is 18.0 Å². The Morgan fingerprint density at radius 3 is 1.85 bits per heavy atom. The van der Waals surface area contributed by atoms with Crippen molar-refractivity contribution in [2.45, 2.75) is 29.5 Å². The molecule has 5 nitrogen and oxygen atoms in total. The highest BCUT2D eigenvalue weighted by atomic mass is 32.2. The predicted octanol–water partition coefficient (Wildman–Crippen LogP) is 6.58. The van der Waals surface area contributed by atoms with Crippen LogP contribution in [0.25, 0.3) is 11.3 Å². The maximum atomic E-state index is 13.6. The molecule has 1 aliphatic rings. The number of carbonyl (C=O) groups is 1. The van der Waals surface area contributed by atoms with Crippen molar-refractivity contribution >= 4 is 17.7 Å². The quantitative estimate of drug-likeness (QED) is 0.188. The summed E-state index contributed by atoms with van der Waals surface area (Å²) in [7, 11) is 0. The molecule has 0 radical (unpaired) electrons. The van der Waals surface area contributed by atoms with E-state index in [1.807, 2.05) is 36.4 Å². The molecule has 1 aromatic heterocycles. The van der Waals surface area contributed by atoms with Crippen LogP contribution in [0.3, 0.4) is 0 Å². The Kier molecular flexibility index (Phi) is 8.52. The summed E-state index contributed by atoms with van der Waals surface area (Å²) in [5.74, 6) is -0.136. The number of halogens is 3. The number of piperazine rings is 1. The lowest BCUT2D eigenvalue weighted by Gasteiger charge is -2.40. The molecule has 2 heterocycles. The van der Waals surface area contributed by atoms with E-state index in [4.69, 9.17) is 0 Å². The number of benzene rings is 3. The normalized spacial score (nSPS) is 15.3.